The van der Waals surface area contributed by atoms with Crippen LogP contribution < -0.4 is 11.1 Å². The number of carbonyl (C=O) groups excluding carboxylic acids is 1. The smallest absolute Gasteiger partial charge is 0.224 e. The van der Waals surface area contributed by atoms with Crippen LogP contribution in [0.25, 0.3) is 5.69 Å². The normalized spacial score (nSPS) is 9.85. The van der Waals surface area contributed by atoms with E-state index in [0.29, 0.717) is 19.5 Å². The Bertz CT molecular complexity index is 510. The summed E-state index contributed by atoms with van der Waals surface area (Å²) in [6.45, 7) is 1.24. The van der Waals surface area contributed by atoms with Gasteiger partial charge >= 0.3 is 0 Å². The highest BCUT2D eigenvalue weighted by Gasteiger charge is 2.03. The van der Waals surface area contributed by atoms with E-state index in [1.807, 2.05) is 36.5 Å². The molecule has 0 saturated carbocycles. The Balaban J connectivity index is 0.00000200. The average Bonchev–Trinajstić information content (AvgIpc) is 2.94. The molecule has 0 spiro atoms. The van der Waals surface area contributed by atoms with Crippen LogP contribution >= 0.6 is 12.4 Å². The summed E-state index contributed by atoms with van der Waals surface area (Å²) < 4.78 is 1.78. The van der Waals surface area contributed by atoms with E-state index in [0.717, 1.165) is 17.7 Å². The Hall–Kier alpha value is -1.85. The standard InChI is InChI=1S/C14H18N4O.ClH/c15-7-1-8-16-14(19)11-12-3-5-13(6-4-12)18-10-2-9-17-18;/h2-6,9-10H,1,7-8,11,15H2,(H,16,19);1H. The molecule has 6 heteroatoms. The lowest BCUT2D eigenvalue weighted by atomic mass is 10.1. The molecule has 0 fully saturated rings. The van der Waals surface area contributed by atoms with Gasteiger partial charge in [-0.3, -0.25) is 4.79 Å². The first-order chi connectivity index (χ1) is 9.29. The molecule has 0 unspecified atom stereocenters. The Morgan fingerprint density at radius 3 is 2.65 bits per heavy atom. The molecule has 2 aromatic rings. The third-order valence-electron chi connectivity index (χ3n) is 2.77. The van der Waals surface area contributed by atoms with Gasteiger partial charge in [-0.15, -0.1) is 12.4 Å². The predicted molar refractivity (Wildman–Crippen MR) is 81.2 cm³/mol. The van der Waals surface area contributed by atoms with Crippen LogP contribution in [-0.2, 0) is 11.2 Å². The highest BCUT2D eigenvalue weighted by Crippen LogP contribution is 2.09. The van der Waals surface area contributed by atoms with E-state index < -0.39 is 0 Å². The molecule has 0 aliphatic carbocycles. The number of nitrogens with one attached hydrogen (secondary N) is 1. The second-order valence-corrected chi connectivity index (χ2v) is 4.29. The highest BCUT2D eigenvalue weighted by molar-refractivity contribution is 5.85. The molecule has 2 rings (SSSR count). The summed E-state index contributed by atoms with van der Waals surface area (Å²) in [5, 5.41) is 6.99. The van der Waals surface area contributed by atoms with E-state index in [1.54, 1.807) is 10.9 Å². The molecule has 1 aromatic carbocycles. The van der Waals surface area contributed by atoms with Crippen molar-refractivity contribution in [3.8, 4) is 5.69 Å². The van der Waals surface area contributed by atoms with Gasteiger partial charge in [0, 0.05) is 18.9 Å². The van der Waals surface area contributed by atoms with Gasteiger partial charge in [0.2, 0.25) is 5.91 Å². The maximum Gasteiger partial charge on any atom is 0.224 e. The summed E-state index contributed by atoms with van der Waals surface area (Å²) in [5.74, 6) is 0.0280. The number of nitrogens with zero attached hydrogens (tertiary/aromatic N) is 2. The van der Waals surface area contributed by atoms with Gasteiger partial charge in [0.1, 0.15) is 0 Å². The van der Waals surface area contributed by atoms with E-state index in [1.165, 1.54) is 0 Å². The molecule has 3 N–H and O–H groups in total. The molecule has 108 valence electrons. The third kappa shape index (κ3) is 4.68. The van der Waals surface area contributed by atoms with Crippen LogP contribution in [0.1, 0.15) is 12.0 Å². The molecule has 1 amide bonds. The van der Waals surface area contributed by atoms with Crippen molar-refractivity contribution >= 4 is 18.3 Å². The number of hydrogen-bond acceptors (Lipinski definition) is 3. The average molecular weight is 295 g/mol. The quantitative estimate of drug-likeness (QED) is 0.789. The molecule has 20 heavy (non-hydrogen) atoms. The molecule has 0 bridgehead atoms. The molecule has 1 aromatic heterocycles. The van der Waals surface area contributed by atoms with Crippen molar-refractivity contribution in [1.82, 2.24) is 15.1 Å². The number of halogens is 1. The SMILES string of the molecule is Cl.NCCCNC(=O)Cc1ccc(-n2cccn2)cc1. The number of carbonyl (C=O) groups is 1. The summed E-state index contributed by atoms with van der Waals surface area (Å²) in [5.41, 5.74) is 7.34. The minimum atomic E-state index is 0. The number of benzene rings is 1. The lowest BCUT2D eigenvalue weighted by molar-refractivity contribution is -0.120. The first-order valence-electron chi connectivity index (χ1n) is 6.35. The molecule has 0 saturated heterocycles. The maximum atomic E-state index is 11.6. The predicted octanol–water partition coefficient (Wildman–Crippen LogP) is 1.30. The van der Waals surface area contributed by atoms with Gasteiger partial charge in [0.25, 0.3) is 0 Å². The van der Waals surface area contributed by atoms with E-state index in [-0.39, 0.29) is 18.3 Å². The van der Waals surface area contributed by atoms with Crippen molar-refractivity contribution in [1.29, 1.82) is 0 Å². The fourth-order valence-electron chi connectivity index (χ4n) is 1.77. The van der Waals surface area contributed by atoms with E-state index in [9.17, 15) is 4.79 Å². The van der Waals surface area contributed by atoms with Crippen LogP contribution in [0.15, 0.2) is 42.7 Å². The summed E-state index contributed by atoms with van der Waals surface area (Å²) in [7, 11) is 0. The molecule has 0 aliphatic heterocycles. The minimum absolute atomic E-state index is 0. The van der Waals surface area contributed by atoms with Gasteiger partial charge in [0.15, 0.2) is 0 Å². The summed E-state index contributed by atoms with van der Waals surface area (Å²) in [6.07, 6.45) is 4.82. The van der Waals surface area contributed by atoms with Gasteiger partial charge < -0.3 is 11.1 Å². The number of hydrogen-bond donors (Lipinski definition) is 2. The van der Waals surface area contributed by atoms with Crippen molar-refractivity contribution in [2.45, 2.75) is 12.8 Å². The van der Waals surface area contributed by atoms with Crippen LogP contribution in [-0.4, -0.2) is 28.8 Å². The fraction of sp³-hybridized carbons (Fsp3) is 0.286. The largest absolute Gasteiger partial charge is 0.356 e. The van der Waals surface area contributed by atoms with Gasteiger partial charge in [-0.1, -0.05) is 12.1 Å². The zero-order chi connectivity index (χ0) is 13.5. The summed E-state index contributed by atoms with van der Waals surface area (Å²) in [6, 6.07) is 9.67. The highest BCUT2D eigenvalue weighted by atomic mass is 35.5. The number of amides is 1. The Kier molecular flexibility index (Phi) is 6.76. The van der Waals surface area contributed by atoms with Crippen molar-refractivity contribution in [2.24, 2.45) is 5.73 Å². The van der Waals surface area contributed by atoms with Crippen LogP contribution in [0.2, 0.25) is 0 Å². The van der Waals surface area contributed by atoms with Crippen molar-refractivity contribution in [2.75, 3.05) is 13.1 Å². The van der Waals surface area contributed by atoms with E-state index >= 15 is 0 Å². The Labute approximate surface area is 124 Å². The van der Waals surface area contributed by atoms with E-state index in [4.69, 9.17) is 5.73 Å². The second-order valence-electron chi connectivity index (χ2n) is 4.29. The lowest BCUT2D eigenvalue weighted by Crippen LogP contribution is -2.27. The molecule has 5 nitrogen and oxygen atoms in total. The topological polar surface area (TPSA) is 72.9 Å². The van der Waals surface area contributed by atoms with Gasteiger partial charge in [0.05, 0.1) is 12.1 Å². The molecular weight excluding hydrogens is 276 g/mol. The van der Waals surface area contributed by atoms with Crippen molar-refractivity contribution in [3.05, 3.63) is 48.3 Å². The minimum Gasteiger partial charge on any atom is -0.356 e. The van der Waals surface area contributed by atoms with Crippen molar-refractivity contribution in [3.63, 3.8) is 0 Å². The van der Waals surface area contributed by atoms with Crippen LogP contribution in [0.3, 0.4) is 0 Å². The Morgan fingerprint density at radius 2 is 2.05 bits per heavy atom. The molecule has 1 heterocycles. The maximum absolute atomic E-state index is 11.6. The first kappa shape index (κ1) is 16.2. The molecule has 0 radical (unpaired) electrons. The summed E-state index contributed by atoms with van der Waals surface area (Å²) in [4.78, 5) is 11.6. The lowest BCUT2D eigenvalue weighted by Gasteiger charge is -2.06. The molecular formula is C14H19ClN4O. The zero-order valence-corrected chi connectivity index (χ0v) is 12.0. The number of aromatic nitrogens is 2. The van der Waals surface area contributed by atoms with Crippen LogP contribution in [0.5, 0.6) is 0 Å². The van der Waals surface area contributed by atoms with Crippen LogP contribution in [0, 0.1) is 0 Å². The first-order valence-corrected chi connectivity index (χ1v) is 6.35. The molecule has 0 atom stereocenters. The number of nitrogens with two attached hydrogens (primary N) is 1. The van der Waals surface area contributed by atoms with Gasteiger partial charge in [-0.2, -0.15) is 5.10 Å². The zero-order valence-electron chi connectivity index (χ0n) is 11.2. The van der Waals surface area contributed by atoms with Gasteiger partial charge in [-0.05, 0) is 36.7 Å². The molecule has 0 aliphatic rings. The second kappa shape index (κ2) is 8.35. The third-order valence-corrected chi connectivity index (χ3v) is 2.77. The van der Waals surface area contributed by atoms with Gasteiger partial charge in [-0.25, -0.2) is 4.68 Å². The van der Waals surface area contributed by atoms with Crippen LogP contribution in [0.4, 0.5) is 0 Å². The Morgan fingerprint density at radius 1 is 1.30 bits per heavy atom. The fourth-order valence-corrected chi connectivity index (χ4v) is 1.77. The number of rotatable bonds is 6. The monoisotopic (exact) mass is 294 g/mol. The van der Waals surface area contributed by atoms with Crippen molar-refractivity contribution < 1.29 is 4.79 Å². The van der Waals surface area contributed by atoms with E-state index in [2.05, 4.69) is 10.4 Å². The summed E-state index contributed by atoms with van der Waals surface area (Å²) >= 11 is 0.